The number of likely N-dealkylation sites (tertiary alicyclic amines) is 1. The van der Waals surface area contributed by atoms with Crippen LogP contribution in [0.15, 0.2) is 30.3 Å². The first kappa shape index (κ1) is 14.1. The summed E-state index contributed by atoms with van der Waals surface area (Å²) in [4.78, 5) is 13.3. The van der Waals surface area contributed by atoms with Crippen molar-refractivity contribution in [3.63, 3.8) is 0 Å². The van der Waals surface area contributed by atoms with Gasteiger partial charge in [-0.1, -0.05) is 30.3 Å². The molecule has 1 aromatic rings. The number of hydrogen-bond donors (Lipinski definition) is 1. The molecule has 1 fully saturated rings. The normalized spacial score (nSPS) is 22.5. The molecule has 0 saturated carbocycles. The van der Waals surface area contributed by atoms with E-state index in [1.54, 1.807) is 0 Å². The average Bonchev–Trinajstić information content (AvgIpc) is 2.61. The van der Waals surface area contributed by atoms with E-state index in [1.165, 1.54) is 5.56 Å². The van der Waals surface area contributed by atoms with Crippen LogP contribution in [0.25, 0.3) is 0 Å². The topological polar surface area (TPSA) is 40.5 Å². The van der Waals surface area contributed by atoms with Crippen LogP contribution in [0, 0.1) is 5.92 Å². The van der Waals surface area contributed by atoms with Crippen molar-refractivity contribution in [1.82, 2.24) is 4.90 Å². The maximum atomic E-state index is 10.8. The van der Waals surface area contributed by atoms with Crippen molar-refractivity contribution >= 4 is 5.97 Å². The molecule has 2 rings (SSSR count). The Hall–Kier alpha value is -1.35. The van der Waals surface area contributed by atoms with E-state index in [9.17, 15) is 4.79 Å². The second kappa shape index (κ2) is 5.74. The van der Waals surface area contributed by atoms with Crippen LogP contribution < -0.4 is 0 Å². The van der Waals surface area contributed by atoms with Gasteiger partial charge in [-0.3, -0.25) is 9.69 Å². The summed E-state index contributed by atoms with van der Waals surface area (Å²) in [7, 11) is 0. The Morgan fingerprint density at radius 2 is 2.05 bits per heavy atom. The molecule has 1 heterocycles. The Balaban J connectivity index is 1.91. The molecule has 0 aliphatic carbocycles. The zero-order valence-corrected chi connectivity index (χ0v) is 11.8. The number of carboxylic acids is 1. The highest BCUT2D eigenvalue weighted by Crippen LogP contribution is 2.34. The summed E-state index contributed by atoms with van der Waals surface area (Å²) in [5.41, 5.74) is 1.47. The van der Waals surface area contributed by atoms with E-state index in [0.29, 0.717) is 12.3 Å². The Kier molecular flexibility index (Phi) is 4.25. The fourth-order valence-electron chi connectivity index (χ4n) is 3.15. The smallest absolute Gasteiger partial charge is 0.303 e. The zero-order valence-electron chi connectivity index (χ0n) is 11.8. The van der Waals surface area contributed by atoms with Crippen molar-refractivity contribution in [2.75, 3.05) is 13.1 Å². The van der Waals surface area contributed by atoms with Gasteiger partial charge in [-0.15, -0.1) is 0 Å². The minimum absolute atomic E-state index is 0.120. The van der Waals surface area contributed by atoms with Gasteiger partial charge in [-0.05, 0) is 38.2 Å². The first-order valence-corrected chi connectivity index (χ1v) is 6.98. The van der Waals surface area contributed by atoms with Crippen molar-refractivity contribution in [2.45, 2.75) is 38.6 Å². The highest BCUT2D eigenvalue weighted by molar-refractivity contribution is 5.67. The van der Waals surface area contributed by atoms with Gasteiger partial charge in [-0.25, -0.2) is 0 Å². The van der Waals surface area contributed by atoms with Gasteiger partial charge < -0.3 is 5.11 Å². The third kappa shape index (κ3) is 3.80. The Labute approximate surface area is 115 Å². The van der Waals surface area contributed by atoms with E-state index >= 15 is 0 Å². The lowest BCUT2D eigenvalue weighted by molar-refractivity contribution is -0.138. The molecule has 0 amide bonds. The van der Waals surface area contributed by atoms with Crippen LogP contribution in [-0.4, -0.2) is 34.6 Å². The van der Waals surface area contributed by atoms with Gasteiger partial charge in [0.25, 0.3) is 0 Å². The van der Waals surface area contributed by atoms with Crippen LogP contribution >= 0.6 is 0 Å². The van der Waals surface area contributed by atoms with Gasteiger partial charge in [0.2, 0.25) is 0 Å². The van der Waals surface area contributed by atoms with Crippen LogP contribution in [0.1, 0.15) is 32.3 Å². The highest BCUT2D eigenvalue weighted by atomic mass is 16.4. The standard InChI is InChI=1S/C16H23NO2/c1-16(2)11-14(10-15(18)19)12-17(16)9-8-13-6-4-3-5-7-13/h3-7,14H,8-12H2,1-2H3,(H,18,19). The number of hydrogen-bond acceptors (Lipinski definition) is 2. The van der Waals surface area contributed by atoms with Gasteiger partial charge >= 0.3 is 5.97 Å². The van der Waals surface area contributed by atoms with Gasteiger partial charge in [0.05, 0.1) is 0 Å². The summed E-state index contributed by atoms with van der Waals surface area (Å²) in [6.45, 7) is 6.36. The number of rotatable bonds is 5. The van der Waals surface area contributed by atoms with Crippen LogP contribution in [0.5, 0.6) is 0 Å². The number of aliphatic carboxylic acids is 1. The third-order valence-corrected chi connectivity index (χ3v) is 4.10. The van der Waals surface area contributed by atoms with E-state index < -0.39 is 5.97 Å². The second-order valence-electron chi connectivity index (χ2n) is 6.16. The van der Waals surface area contributed by atoms with Crippen LogP contribution in [0.4, 0.5) is 0 Å². The summed E-state index contributed by atoms with van der Waals surface area (Å²) >= 11 is 0. The molecule has 0 bridgehead atoms. The Bertz CT molecular complexity index is 428. The molecule has 1 atom stereocenters. The molecule has 0 aromatic heterocycles. The van der Waals surface area contributed by atoms with Crippen LogP contribution in [-0.2, 0) is 11.2 Å². The van der Waals surface area contributed by atoms with Gasteiger partial charge in [0, 0.05) is 25.0 Å². The molecule has 19 heavy (non-hydrogen) atoms. The van der Waals surface area contributed by atoms with E-state index in [1.807, 2.05) is 6.07 Å². The molecule has 1 aromatic carbocycles. The minimum Gasteiger partial charge on any atom is -0.481 e. The number of carboxylic acid groups (broad SMARTS) is 1. The molecule has 1 saturated heterocycles. The lowest BCUT2D eigenvalue weighted by Crippen LogP contribution is -2.39. The van der Waals surface area contributed by atoms with Crippen molar-refractivity contribution in [2.24, 2.45) is 5.92 Å². The van der Waals surface area contributed by atoms with Gasteiger partial charge in [0.1, 0.15) is 0 Å². The Morgan fingerprint density at radius 3 is 2.68 bits per heavy atom. The minimum atomic E-state index is -0.675. The molecule has 1 aliphatic heterocycles. The van der Waals surface area contributed by atoms with Crippen LogP contribution in [0.2, 0.25) is 0 Å². The molecule has 0 spiro atoms. The molecule has 1 aliphatic rings. The van der Waals surface area contributed by atoms with E-state index in [-0.39, 0.29) is 5.54 Å². The molecular formula is C16H23NO2. The first-order valence-electron chi connectivity index (χ1n) is 6.98. The molecule has 104 valence electrons. The predicted octanol–water partition coefficient (Wildman–Crippen LogP) is 2.80. The number of carbonyl (C=O) groups is 1. The lowest BCUT2D eigenvalue weighted by Gasteiger charge is -2.31. The molecule has 3 nitrogen and oxygen atoms in total. The third-order valence-electron chi connectivity index (χ3n) is 4.10. The molecule has 1 N–H and O–H groups in total. The monoisotopic (exact) mass is 261 g/mol. The number of nitrogens with zero attached hydrogens (tertiary/aromatic N) is 1. The van der Waals surface area contributed by atoms with Gasteiger partial charge in [0.15, 0.2) is 0 Å². The first-order chi connectivity index (χ1) is 8.97. The maximum absolute atomic E-state index is 10.8. The van der Waals surface area contributed by atoms with Crippen molar-refractivity contribution in [3.8, 4) is 0 Å². The molecule has 3 heteroatoms. The summed E-state index contributed by atoms with van der Waals surface area (Å²) in [6, 6.07) is 10.5. The maximum Gasteiger partial charge on any atom is 0.303 e. The molecule has 1 unspecified atom stereocenters. The fourth-order valence-corrected chi connectivity index (χ4v) is 3.15. The fraction of sp³-hybridized carbons (Fsp3) is 0.562. The van der Waals surface area contributed by atoms with Gasteiger partial charge in [-0.2, -0.15) is 0 Å². The van der Waals surface area contributed by atoms with Crippen LogP contribution in [0.3, 0.4) is 0 Å². The largest absolute Gasteiger partial charge is 0.481 e. The quantitative estimate of drug-likeness (QED) is 0.886. The van der Waals surface area contributed by atoms with E-state index in [4.69, 9.17) is 5.11 Å². The SMILES string of the molecule is CC1(C)CC(CC(=O)O)CN1CCc1ccccc1. The molecule has 0 radical (unpaired) electrons. The second-order valence-corrected chi connectivity index (χ2v) is 6.16. The zero-order chi connectivity index (χ0) is 13.9. The molecular weight excluding hydrogens is 238 g/mol. The Morgan fingerprint density at radius 1 is 1.37 bits per heavy atom. The highest BCUT2D eigenvalue weighted by Gasteiger charge is 2.38. The lowest BCUT2D eigenvalue weighted by atomic mass is 9.94. The average molecular weight is 261 g/mol. The number of benzene rings is 1. The van der Waals surface area contributed by atoms with Crippen molar-refractivity contribution in [1.29, 1.82) is 0 Å². The van der Waals surface area contributed by atoms with E-state index in [0.717, 1.165) is 25.9 Å². The summed E-state index contributed by atoms with van der Waals surface area (Å²) in [6.07, 6.45) is 2.31. The summed E-state index contributed by atoms with van der Waals surface area (Å²) in [5, 5.41) is 8.92. The van der Waals surface area contributed by atoms with Crippen molar-refractivity contribution in [3.05, 3.63) is 35.9 Å². The van der Waals surface area contributed by atoms with E-state index in [2.05, 4.69) is 43.0 Å². The van der Waals surface area contributed by atoms with Crippen molar-refractivity contribution < 1.29 is 9.90 Å². The summed E-state index contributed by atoms with van der Waals surface area (Å²) in [5.74, 6) is -0.381. The summed E-state index contributed by atoms with van der Waals surface area (Å²) < 4.78 is 0. The predicted molar refractivity (Wildman–Crippen MR) is 76.2 cm³/mol.